The van der Waals surface area contributed by atoms with Crippen molar-refractivity contribution in [3.63, 3.8) is 0 Å². The summed E-state index contributed by atoms with van der Waals surface area (Å²) in [5.74, 6) is -0.0834. The Bertz CT molecular complexity index is 968. The number of likely N-dealkylation sites (tertiary alicyclic amines) is 1. The van der Waals surface area contributed by atoms with Crippen LogP contribution in [0.15, 0.2) is 48.5 Å². The summed E-state index contributed by atoms with van der Waals surface area (Å²) in [6.45, 7) is 0.778. The summed E-state index contributed by atoms with van der Waals surface area (Å²) in [7, 11) is 0. The zero-order valence-corrected chi connectivity index (χ0v) is 15.8. The highest BCUT2D eigenvalue weighted by Gasteiger charge is 2.48. The molecule has 3 aromatic rings. The minimum absolute atomic E-state index is 0.0247. The molecule has 2 heterocycles. The number of hydrogen-bond acceptors (Lipinski definition) is 3. The molecule has 138 valence electrons. The third kappa shape index (κ3) is 3.04. The normalized spacial score (nSPS) is 24.9. The van der Waals surface area contributed by atoms with Gasteiger partial charge in [-0.3, -0.25) is 4.79 Å². The van der Waals surface area contributed by atoms with Gasteiger partial charge in [0, 0.05) is 12.5 Å². The number of carbonyl (C=O) groups excluding carboxylic acids is 1. The van der Waals surface area contributed by atoms with Crippen molar-refractivity contribution in [3.8, 4) is 0 Å². The molecule has 0 bridgehead atoms. The Balaban J connectivity index is 1.39. The van der Waals surface area contributed by atoms with E-state index in [9.17, 15) is 9.18 Å². The molecular weight excluding hydrogens is 359 g/mol. The van der Waals surface area contributed by atoms with E-state index in [-0.39, 0.29) is 29.6 Å². The number of halogens is 1. The van der Waals surface area contributed by atoms with E-state index in [1.54, 1.807) is 17.4 Å². The molecule has 1 saturated heterocycles. The highest BCUT2D eigenvalue weighted by Crippen LogP contribution is 2.50. The molecule has 1 aliphatic carbocycles. The second-order valence-corrected chi connectivity index (χ2v) is 8.60. The van der Waals surface area contributed by atoms with Gasteiger partial charge in [-0.1, -0.05) is 30.3 Å². The predicted octanol–water partition coefficient (Wildman–Crippen LogP) is 5.29. The van der Waals surface area contributed by atoms with Gasteiger partial charge in [0.25, 0.3) is 0 Å². The van der Waals surface area contributed by atoms with Crippen molar-refractivity contribution in [2.45, 2.75) is 37.6 Å². The molecular formula is C22H21FN2OS. The Kier molecular flexibility index (Phi) is 4.20. The van der Waals surface area contributed by atoms with Crippen molar-refractivity contribution < 1.29 is 9.18 Å². The number of fused-ring (bicyclic) bond motifs is 1. The van der Waals surface area contributed by atoms with Crippen molar-refractivity contribution in [1.29, 1.82) is 0 Å². The molecule has 1 amide bonds. The van der Waals surface area contributed by atoms with Crippen LogP contribution in [0, 0.1) is 11.7 Å². The average molecular weight is 380 g/mol. The summed E-state index contributed by atoms with van der Waals surface area (Å²) in [5.41, 5.74) is 1.69. The van der Waals surface area contributed by atoms with Crippen LogP contribution < -0.4 is 0 Å². The van der Waals surface area contributed by atoms with Gasteiger partial charge in [0.15, 0.2) is 0 Å². The van der Waals surface area contributed by atoms with Gasteiger partial charge in [-0.15, -0.1) is 11.3 Å². The molecule has 0 radical (unpaired) electrons. The first-order valence-electron chi connectivity index (χ1n) is 9.63. The van der Waals surface area contributed by atoms with Crippen LogP contribution in [-0.2, 0) is 4.79 Å². The van der Waals surface area contributed by atoms with E-state index >= 15 is 0 Å². The lowest BCUT2D eigenvalue weighted by molar-refractivity contribution is -0.136. The fourth-order valence-corrected chi connectivity index (χ4v) is 5.40. The summed E-state index contributed by atoms with van der Waals surface area (Å²) >= 11 is 1.69. The van der Waals surface area contributed by atoms with E-state index < -0.39 is 0 Å². The summed E-state index contributed by atoms with van der Waals surface area (Å²) in [6, 6.07) is 15.0. The monoisotopic (exact) mass is 380 g/mol. The third-order valence-corrected chi connectivity index (χ3v) is 6.93. The third-order valence-electron chi connectivity index (χ3n) is 5.79. The van der Waals surface area contributed by atoms with Gasteiger partial charge in [0.1, 0.15) is 10.8 Å². The lowest BCUT2D eigenvalue weighted by Gasteiger charge is -2.35. The predicted molar refractivity (Wildman–Crippen MR) is 105 cm³/mol. The maximum atomic E-state index is 14.1. The number of aromatic nitrogens is 1. The Hall–Kier alpha value is -2.27. The Labute approximate surface area is 161 Å². The molecule has 5 rings (SSSR count). The molecule has 3 nitrogen and oxygen atoms in total. The lowest BCUT2D eigenvalue weighted by atomic mass is 10.0. The molecule has 2 aromatic carbocycles. The summed E-state index contributed by atoms with van der Waals surface area (Å²) < 4.78 is 15.3. The maximum Gasteiger partial charge on any atom is 0.226 e. The highest BCUT2D eigenvalue weighted by atomic mass is 32.1. The molecule has 0 spiro atoms. The first-order valence-corrected chi connectivity index (χ1v) is 10.4. The Morgan fingerprint density at radius 3 is 2.78 bits per heavy atom. The molecule has 5 heteroatoms. The zero-order chi connectivity index (χ0) is 18.4. The molecule has 0 N–H and O–H groups in total. The second-order valence-electron chi connectivity index (χ2n) is 7.53. The van der Waals surface area contributed by atoms with Crippen LogP contribution in [0.3, 0.4) is 0 Å². The number of hydrogen-bond donors (Lipinski definition) is 0. The van der Waals surface area contributed by atoms with E-state index in [2.05, 4.69) is 6.07 Å². The Morgan fingerprint density at radius 1 is 1.11 bits per heavy atom. The van der Waals surface area contributed by atoms with Crippen LogP contribution in [0.4, 0.5) is 4.39 Å². The molecule has 1 saturated carbocycles. The van der Waals surface area contributed by atoms with E-state index in [1.165, 1.54) is 10.8 Å². The number of thiazole rings is 1. The highest BCUT2D eigenvalue weighted by molar-refractivity contribution is 7.18. The van der Waals surface area contributed by atoms with Gasteiger partial charge in [-0.05, 0) is 55.4 Å². The molecule has 1 aliphatic heterocycles. The van der Waals surface area contributed by atoms with Crippen LogP contribution in [0.1, 0.15) is 48.2 Å². The average Bonchev–Trinajstić information content (AvgIpc) is 3.37. The molecule has 27 heavy (non-hydrogen) atoms. The number of nitrogens with zero attached hydrogens (tertiary/aromatic N) is 2. The minimum atomic E-state index is -0.195. The first kappa shape index (κ1) is 16.9. The fraction of sp³-hybridized carbons (Fsp3) is 0.364. The van der Waals surface area contributed by atoms with Gasteiger partial charge in [0.05, 0.1) is 16.3 Å². The van der Waals surface area contributed by atoms with Crippen LogP contribution in [0.2, 0.25) is 0 Å². The van der Waals surface area contributed by atoms with Crippen LogP contribution in [-0.4, -0.2) is 22.3 Å². The van der Waals surface area contributed by atoms with Crippen LogP contribution in [0.25, 0.3) is 10.2 Å². The smallest absolute Gasteiger partial charge is 0.226 e. The molecule has 1 aromatic heterocycles. The van der Waals surface area contributed by atoms with Crippen LogP contribution >= 0.6 is 11.3 Å². The summed E-state index contributed by atoms with van der Waals surface area (Å²) in [6.07, 6.45) is 3.86. The zero-order valence-electron chi connectivity index (χ0n) is 15.0. The van der Waals surface area contributed by atoms with E-state index in [4.69, 9.17) is 4.98 Å². The van der Waals surface area contributed by atoms with Crippen molar-refractivity contribution in [2.24, 2.45) is 5.92 Å². The number of piperidine rings is 1. The van der Waals surface area contributed by atoms with Gasteiger partial charge in [-0.25, -0.2) is 9.37 Å². The number of para-hydroxylation sites is 1. The van der Waals surface area contributed by atoms with Gasteiger partial charge < -0.3 is 4.90 Å². The molecule has 2 fully saturated rings. The van der Waals surface area contributed by atoms with E-state index in [1.807, 2.05) is 35.2 Å². The van der Waals surface area contributed by atoms with E-state index in [0.717, 1.165) is 42.8 Å². The van der Waals surface area contributed by atoms with Crippen molar-refractivity contribution in [3.05, 3.63) is 64.9 Å². The largest absolute Gasteiger partial charge is 0.333 e. The second kappa shape index (κ2) is 6.71. The van der Waals surface area contributed by atoms with Crippen molar-refractivity contribution in [1.82, 2.24) is 9.88 Å². The standard InChI is InChI=1S/C22H21FN2OS/c23-17-8-2-1-7-14(17)15-13-16(15)22(26)25-12-6-5-10-19(25)21-24-18-9-3-4-11-20(18)27-21/h1-4,7-9,11,15-16,19H,5-6,10,12-13H2. The lowest BCUT2D eigenvalue weighted by Crippen LogP contribution is -2.39. The van der Waals surface area contributed by atoms with Gasteiger partial charge in [-0.2, -0.15) is 0 Å². The Morgan fingerprint density at radius 2 is 1.93 bits per heavy atom. The molecule has 2 aliphatic rings. The SMILES string of the molecule is O=C(C1CC1c1ccccc1F)N1CCCCC1c1nc2ccccc2s1. The number of amides is 1. The van der Waals surface area contributed by atoms with Crippen molar-refractivity contribution >= 4 is 27.5 Å². The molecule has 3 atom stereocenters. The summed E-state index contributed by atoms with van der Waals surface area (Å²) in [5, 5.41) is 1.03. The van der Waals surface area contributed by atoms with E-state index in [0.29, 0.717) is 5.56 Å². The molecule has 3 unspecified atom stereocenters. The minimum Gasteiger partial charge on any atom is -0.333 e. The van der Waals surface area contributed by atoms with Crippen LogP contribution in [0.5, 0.6) is 0 Å². The quantitative estimate of drug-likeness (QED) is 0.618. The number of rotatable bonds is 3. The first-order chi connectivity index (χ1) is 13.2. The fourth-order valence-electron chi connectivity index (χ4n) is 4.29. The number of benzene rings is 2. The topological polar surface area (TPSA) is 33.2 Å². The van der Waals surface area contributed by atoms with Gasteiger partial charge >= 0.3 is 0 Å². The summed E-state index contributed by atoms with van der Waals surface area (Å²) in [4.78, 5) is 20.1. The van der Waals surface area contributed by atoms with Crippen molar-refractivity contribution in [2.75, 3.05) is 6.54 Å². The maximum absolute atomic E-state index is 14.1. The number of carbonyl (C=O) groups is 1. The van der Waals surface area contributed by atoms with Gasteiger partial charge in [0.2, 0.25) is 5.91 Å².